The van der Waals surface area contributed by atoms with Gasteiger partial charge in [0.2, 0.25) is 5.79 Å². The van der Waals surface area contributed by atoms with E-state index >= 15 is 0 Å². The molecule has 0 bridgehead atoms. The molecular formula is C36H39F2N7O4. The van der Waals surface area contributed by atoms with Gasteiger partial charge in [0.15, 0.2) is 0 Å². The Morgan fingerprint density at radius 3 is 2.24 bits per heavy atom. The van der Waals surface area contributed by atoms with Gasteiger partial charge in [0, 0.05) is 61.6 Å². The van der Waals surface area contributed by atoms with E-state index in [2.05, 4.69) is 32.0 Å². The van der Waals surface area contributed by atoms with Crippen LogP contribution in [-0.2, 0) is 21.8 Å². The van der Waals surface area contributed by atoms with Crippen LogP contribution in [0, 0.1) is 11.6 Å². The fourth-order valence-electron chi connectivity index (χ4n) is 6.33. The Kier molecular flexibility index (Phi) is 9.19. The number of hydrogen-bond acceptors (Lipinski definition) is 8. The average molecular weight is 672 g/mol. The van der Waals surface area contributed by atoms with Crippen LogP contribution in [0.3, 0.4) is 0 Å². The van der Waals surface area contributed by atoms with E-state index in [0.29, 0.717) is 5.75 Å². The molecule has 7 rings (SSSR count). The maximum atomic E-state index is 14.9. The van der Waals surface area contributed by atoms with E-state index in [1.165, 1.54) is 16.8 Å². The van der Waals surface area contributed by atoms with Crippen LogP contribution in [0.15, 0.2) is 96.6 Å². The molecule has 11 nitrogen and oxygen atoms in total. The lowest BCUT2D eigenvalue weighted by Gasteiger charge is -2.37. The Balaban J connectivity index is 0.925. The Morgan fingerprint density at radius 1 is 0.939 bits per heavy atom. The lowest BCUT2D eigenvalue weighted by Crippen LogP contribution is -2.46. The lowest BCUT2D eigenvalue weighted by atomic mass is 10.0. The zero-order valence-corrected chi connectivity index (χ0v) is 27.5. The van der Waals surface area contributed by atoms with Gasteiger partial charge in [-0.15, -0.1) is 0 Å². The number of hydrogen-bond donors (Lipinski definition) is 0. The smallest absolute Gasteiger partial charge is 0.350 e. The van der Waals surface area contributed by atoms with Crippen molar-refractivity contribution in [3.05, 3.63) is 119 Å². The van der Waals surface area contributed by atoms with E-state index in [-0.39, 0.29) is 37.1 Å². The molecule has 0 spiro atoms. The van der Waals surface area contributed by atoms with Crippen LogP contribution in [-0.4, -0.2) is 69.4 Å². The zero-order valence-electron chi connectivity index (χ0n) is 27.5. The van der Waals surface area contributed by atoms with E-state index < -0.39 is 23.5 Å². The molecule has 0 saturated carbocycles. The highest BCUT2D eigenvalue weighted by Crippen LogP contribution is 2.38. The summed E-state index contributed by atoms with van der Waals surface area (Å²) in [6.07, 6.45) is 6.89. The maximum Gasteiger partial charge on any atom is 0.350 e. The summed E-state index contributed by atoms with van der Waals surface area (Å²) in [6, 6.07) is 19.4. The molecule has 2 aliphatic rings. The number of imidazole rings is 1. The van der Waals surface area contributed by atoms with Gasteiger partial charge in [-0.3, -0.25) is 0 Å². The molecule has 2 aromatic heterocycles. The number of halogens is 2. The minimum Gasteiger partial charge on any atom is -0.491 e. The van der Waals surface area contributed by atoms with Crippen molar-refractivity contribution in [1.82, 2.24) is 23.9 Å². The first-order valence-electron chi connectivity index (χ1n) is 16.5. The van der Waals surface area contributed by atoms with Crippen LogP contribution in [0.1, 0.15) is 31.9 Å². The van der Waals surface area contributed by atoms with Gasteiger partial charge in [0.25, 0.3) is 0 Å². The highest BCUT2D eigenvalue weighted by molar-refractivity contribution is 5.54. The first-order valence-corrected chi connectivity index (χ1v) is 16.5. The minimum atomic E-state index is -1.45. The Morgan fingerprint density at radius 2 is 1.61 bits per heavy atom. The molecule has 5 aromatic rings. The summed E-state index contributed by atoms with van der Waals surface area (Å²) in [7, 11) is 0. The second-order valence-corrected chi connectivity index (χ2v) is 12.4. The van der Waals surface area contributed by atoms with E-state index in [4.69, 9.17) is 14.2 Å². The highest BCUT2D eigenvalue weighted by Gasteiger charge is 2.46. The third-order valence-electron chi connectivity index (χ3n) is 9.26. The molecule has 2 fully saturated rings. The Bertz CT molecular complexity index is 1910. The third-order valence-corrected chi connectivity index (χ3v) is 9.26. The first-order chi connectivity index (χ1) is 23.8. The van der Waals surface area contributed by atoms with Gasteiger partial charge in [-0.25, -0.2) is 27.8 Å². The van der Waals surface area contributed by atoms with E-state index in [1.807, 2.05) is 50.2 Å². The summed E-state index contributed by atoms with van der Waals surface area (Å²) in [5, 5.41) is 4.29. The second kappa shape index (κ2) is 13.8. The predicted octanol–water partition coefficient (Wildman–Crippen LogP) is 5.15. The molecule has 2 saturated heterocycles. The van der Waals surface area contributed by atoms with Gasteiger partial charge in [-0.2, -0.15) is 5.10 Å². The van der Waals surface area contributed by atoms with Crippen molar-refractivity contribution < 1.29 is 23.0 Å². The molecule has 2 aliphatic heterocycles. The van der Waals surface area contributed by atoms with Crippen LogP contribution >= 0.6 is 0 Å². The topological polar surface area (TPSA) is 91.8 Å². The SMILES string of the molecule is CCC(C)n1ncn(-c2ccc(N3CCN(c4ccc(OCC5COC(Cn6ccnc6)(c6ccc(F)cc6F)O5)cc4)CC3)cc2)c1=O. The van der Waals surface area contributed by atoms with Crippen LogP contribution < -0.4 is 20.2 Å². The zero-order chi connectivity index (χ0) is 34.0. The molecule has 0 N–H and O–H groups in total. The van der Waals surface area contributed by atoms with Gasteiger partial charge in [-0.1, -0.05) is 6.92 Å². The Hall–Kier alpha value is -5.01. The molecule has 4 heterocycles. The van der Waals surface area contributed by atoms with Crippen molar-refractivity contribution in [2.75, 3.05) is 49.2 Å². The lowest BCUT2D eigenvalue weighted by molar-refractivity contribution is -0.191. The third kappa shape index (κ3) is 6.81. The summed E-state index contributed by atoms with van der Waals surface area (Å²) in [5.41, 5.74) is 3.01. The molecule has 49 heavy (non-hydrogen) atoms. The van der Waals surface area contributed by atoms with Gasteiger partial charge in [0.1, 0.15) is 36.4 Å². The van der Waals surface area contributed by atoms with Crippen molar-refractivity contribution in [2.24, 2.45) is 0 Å². The van der Waals surface area contributed by atoms with Gasteiger partial charge in [0.05, 0.1) is 31.2 Å². The minimum absolute atomic E-state index is 0.0537. The van der Waals surface area contributed by atoms with Crippen molar-refractivity contribution in [2.45, 2.75) is 44.7 Å². The van der Waals surface area contributed by atoms with Crippen molar-refractivity contribution in [3.8, 4) is 11.4 Å². The highest BCUT2D eigenvalue weighted by atomic mass is 19.1. The number of piperazine rings is 1. The number of benzene rings is 3. The van der Waals surface area contributed by atoms with E-state index in [9.17, 15) is 13.6 Å². The maximum absolute atomic E-state index is 14.9. The molecule has 0 aliphatic carbocycles. The molecule has 3 aromatic carbocycles. The fourth-order valence-corrected chi connectivity index (χ4v) is 6.33. The largest absolute Gasteiger partial charge is 0.491 e. The molecule has 256 valence electrons. The second-order valence-electron chi connectivity index (χ2n) is 12.4. The Labute approximate surface area is 282 Å². The summed E-state index contributed by atoms with van der Waals surface area (Å²) < 4.78 is 51.8. The number of anilines is 2. The van der Waals surface area contributed by atoms with Gasteiger partial charge in [-0.05, 0) is 74.0 Å². The summed E-state index contributed by atoms with van der Waals surface area (Å²) in [4.78, 5) is 21.5. The molecule has 3 unspecified atom stereocenters. The fraction of sp³-hybridized carbons (Fsp3) is 0.361. The summed E-state index contributed by atoms with van der Waals surface area (Å²) in [6.45, 7) is 7.98. The van der Waals surface area contributed by atoms with Crippen LogP contribution in [0.2, 0.25) is 0 Å². The van der Waals surface area contributed by atoms with Crippen LogP contribution in [0.25, 0.3) is 5.69 Å². The standard InChI is InChI=1S/C36H39F2N7O4/c1-3-26(2)45-35(46)44(25-40-45)30-7-5-28(6-8-30)42-16-18-43(19-17-42)29-9-11-31(12-10-29)47-21-32-22-48-36(49-32,23-41-15-14-39-24-41)33-13-4-27(37)20-34(33)38/h4-15,20,24-26,32H,3,16-19,21-23H2,1-2H3. The molecule has 3 atom stereocenters. The van der Waals surface area contributed by atoms with Crippen molar-refractivity contribution in [3.63, 3.8) is 0 Å². The first kappa shape index (κ1) is 32.5. The van der Waals surface area contributed by atoms with E-state index in [0.717, 1.165) is 55.7 Å². The number of aromatic nitrogens is 5. The predicted molar refractivity (Wildman–Crippen MR) is 180 cm³/mol. The van der Waals surface area contributed by atoms with Gasteiger partial charge < -0.3 is 28.6 Å². The van der Waals surface area contributed by atoms with Gasteiger partial charge >= 0.3 is 5.69 Å². The average Bonchev–Trinajstić information content (AvgIpc) is 3.88. The van der Waals surface area contributed by atoms with Crippen LogP contribution in [0.5, 0.6) is 5.75 Å². The summed E-state index contributed by atoms with van der Waals surface area (Å²) in [5.74, 6) is -2.18. The van der Waals surface area contributed by atoms with E-state index in [1.54, 1.807) is 34.2 Å². The number of ether oxygens (including phenoxy) is 3. The number of rotatable bonds is 11. The van der Waals surface area contributed by atoms with Crippen molar-refractivity contribution >= 4 is 11.4 Å². The molecule has 0 amide bonds. The monoisotopic (exact) mass is 671 g/mol. The summed E-state index contributed by atoms with van der Waals surface area (Å²) >= 11 is 0. The quantitative estimate of drug-likeness (QED) is 0.191. The molecule has 13 heteroatoms. The normalized spacial score (nSPS) is 20.1. The molecule has 0 radical (unpaired) electrons. The molecular weight excluding hydrogens is 632 g/mol. The van der Waals surface area contributed by atoms with Crippen LogP contribution in [0.4, 0.5) is 20.2 Å². The van der Waals surface area contributed by atoms with Crippen molar-refractivity contribution in [1.29, 1.82) is 0 Å². The number of nitrogens with zero attached hydrogens (tertiary/aromatic N) is 7.